The maximum absolute atomic E-state index is 12.1. The van der Waals surface area contributed by atoms with E-state index >= 15 is 0 Å². The third-order valence-electron chi connectivity index (χ3n) is 4.15. The summed E-state index contributed by atoms with van der Waals surface area (Å²) in [5.74, 6) is 1.84. The Bertz CT molecular complexity index is 661. The molecule has 1 amide bonds. The van der Waals surface area contributed by atoms with E-state index in [0.717, 1.165) is 31.7 Å². The number of hydrogen-bond donors (Lipinski definition) is 0. The van der Waals surface area contributed by atoms with Gasteiger partial charge in [0.15, 0.2) is 0 Å². The summed E-state index contributed by atoms with van der Waals surface area (Å²) >= 11 is 0. The second-order valence-corrected chi connectivity index (χ2v) is 6.62. The lowest BCUT2D eigenvalue weighted by atomic mass is 10.1. The van der Waals surface area contributed by atoms with Crippen molar-refractivity contribution in [2.24, 2.45) is 5.92 Å². The molecule has 2 heterocycles. The number of aromatic nitrogens is 2. The molecule has 3 rings (SSSR count). The van der Waals surface area contributed by atoms with Gasteiger partial charge in [-0.3, -0.25) is 9.69 Å². The third kappa shape index (κ3) is 4.20. The zero-order valence-electron chi connectivity index (χ0n) is 14.3. The summed E-state index contributed by atoms with van der Waals surface area (Å²) in [5.41, 5.74) is 0.931. The van der Waals surface area contributed by atoms with Gasteiger partial charge in [-0.25, -0.2) is 0 Å². The van der Waals surface area contributed by atoms with Crippen LogP contribution >= 0.6 is 0 Å². The van der Waals surface area contributed by atoms with Crippen molar-refractivity contribution >= 4 is 5.91 Å². The molecule has 0 unspecified atom stereocenters. The van der Waals surface area contributed by atoms with Crippen molar-refractivity contribution in [3.8, 4) is 11.5 Å². The summed E-state index contributed by atoms with van der Waals surface area (Å²) in [5, 5.41) is 8.26. The fourth-order valence-corrected chi connectivity index (χ4v) is 2.84. The van der Waals surface area contributed by atoms with Crippen LogP contribution in [0, 0.1) is 5.92 Å². The van der Waals surface area contributed by atoms with Crippen molar-refractivity contribution in [3.05, 3.63) is 36.2 Å². The minimum Gasteiger partial charge on any atom is -0.419 e. The molecule has 24 heavy (non-hydrogen) atoms. The molecule has 0 aliphatic carbocycles. The first-order valence-electron chi connectivity index (χ1n) is 8.50. The van der Waals surface area contributed by atoms with Crippen LogP contribution in [0.5, 0.6) is 0 Å². The minimum atomic E-state index is 0.258. The Morgan fingerprint density at radius 2 is 1.83 bits per heavy atom. The van der Waals surface area contributed by atoms with E-state index < -0.39 is 0 Å². The molecule has 0 N–H and O–H groups in total. The molecule has 6 nitrogen and oxygen atoms in total. The second kappa shape index (κ2) is 7.57. The lowest BCUT2D eigenvalue weighted by Gasteiger charge is -2.34. The number of piperazine rings is 1. The monoisotopic (exact) mass is 328 g/mol. The first kappa shape index (κ1) is 16.6. The highest BCUT2D eigenvalue weighted by atomic mass is 16.4. The maximum Gasteiger partial charge on any atom is 0.247 e. The number of carbonyl (C=O) groups is 1. The molecule has 0 atom stereocenters. The Morgan fingerprint density at radius 3 is 2.50 bits per heavy atom. The average molecular weight is 328 g/mol. The van der Waals surface area contributed by atoms with Gasteiger partial charge in [-0.2, -0.15) is 0 Å². The van der Waals surface area contributed by atoms with Gasteiger partial charge in [0.2, 0.25) is 17.7 Å². The van der Waals surface area contributed by atoms with E-state index in [9.17, 15) is 4.79 Å². The van der Waals surface area contributed by atoms with E-state index in [-0.39, 0.29) is 5.91 Å². The minimum absolute atomic E-state index is 0.258. The summed E-state index contributed by atoms with van der Waals surface area (Å²) in [7, 11) is 0. The van der Waals surface area contributed by atoms with Crippen LogP contribution < -0.4 is 0 Å². The highest BCUT2D eigenvalue weighted by molar-refractivity contribution is 5.76. The number of rotatable bonds is 5. The Labute approximate surface area is 142 Å². The molecule has 128 valence electrons. The van der Waals surface area contributed by atoms with Crippen molar-refractivity contribution in [1.29, 1.82) is 0 Å². The van der Waals surface area contributed by atoms with Gasteiger partial charge in [0.1, 0.15) is 0 Å². The van der Waals surface area contributed by atoms with Crippen LogP contribution in [0.1, 0.15) is 26.2 Å². The van der Waals surface area contributed by atoms with Crippen LogP contribution in [0.3, 0.4) is 0 Å². The van der Waals surface area contributed by atoms with Crippen LogP contribution in [0.15, 0.2) is 34.7 Å². The van der Waals surface area contributed by atoms with Crippen molar-refractivity contribution in [3.63, 3.8) is 0 Å². The van der Waals surface area contributed by atoms with Crippen molar-refractivity contribution in [1.82, 2.24) is 20.0 Å². The standard InChI is InChI=1S/C18H24N4O2/c1-14(2)12-17(23)22-10-8-21(9-11-22)13-16-19-20-18(24-16)15-6-4-3-5-7-15/h3-7,14H,8-13H2,1-2H3. The third-order valence-corrected chi connectivity index (χ3v) is 4.15. The van der Waals surface area contributed by atoms with Crippen LogP contribution in [-0.4, -0.2) is 52.1 Å². The van der Waals surface area contributed by atoms with E-state index in [1.54, 1.807) is 0 Å². The molecular weight excluding hydrogens is 304 g/mol. The number of nitrogens with zero attached hydrogens (tertiary/aromatic N) is 4. The molecule has 1 saturated heterocycles. The highest BCUT2D eigenvalue weighted by Gasteiger charge is 2.22. The first-order valence-corrected chi connectivity index (χ1v) is 8.50. The predicted octanol–water partition coefficient (Wildman–Crippen LogP) is 2.43. The van der Waals surface area contributed by atoms with E-state index in [4.69, 9.17) is 4.42 Å². The summed E-state index contributed by atoms with van der Waals surface area (Å²) in [6.07, 6.45) is 0.629. The van der Waals surface area contributed by atoms with E-state index in [2.05, 4.69) is 28.9 Å². The highest BCUT2D eigenvalue weighted by Crippen LogP contribution is 2.18. The smallest absolute Gasteiger partial charge is 0.247 e. The first-order chi connectivity index (χ1) is 11.6. The zero-order valence-corrected chi connectivity index (χ0v) is 14.3. The summed E-state index contributed by atoms with van der Waals surface area (Å²) in [4.78, 5) is 16.3. The molecular formula is C18H24N4O2. The van der Waals surface area contributed by atoms with Gasteiger partial charge >= 0.3 is 0 Å². The van der Waals surface area contributed by atoms with Crippen molar-refractivity contribution in [2.45, 2.75) is 26.8 Å². The number of hydrogen-bond acceptors (Lipinski definition) is 5. The molecule has 1 aromatic heterocycles. The van der Waals surface area contributed by atoms with Gasteiger partial charge in [0.25, 0.3) is 0 Å². The fraction of sp³-hybridized carbons (Fsp3) is 0.500. The largest absolute Gasteiger partial charge is 0.419 e. The quantitative estimate of drug-likeness (QED) is 0.843. The van der Waals surface area contributed by atoms with E-state index in [0.29, 0.717) is 30.7 Å². The summed E-state index contributed by atoms with van der Waals surface area (Å²) < 4.78 is 5.75. The Hall–Kier alpha value is -2.21. The van der Waals surface area contributed by atoms with Gasteiger partial charge in [-0.15, -0.1) is 10.2 Å². The molecule has 1 aliphatic rings. The lowest BCUT2D eigenvalue weighted by molar-refractivity contribution is -0.133. The summed E-state index contributed by atoms with van der Waals surface area (Å²) in [6, 6.07) is 9.77. The van der Waals surface area contributed by atoms with Crippen molar-refractivity contribution in [2.75, 3.05) is 26.2 Å². The van der Waals surface area contributed by atoms with Crippen molar-refractivity contribution < 1.29 is 9.21 Å². The van der Waals surface area contributed by atoms with Gasteiger partial charge in [0, 0.05) is 38.2 Å². The Kier molecular flexibility index (Phi) is 5.25. The van der Waals surface area contributed by atoms with E-state index in [1.807, 2.05) is 35.2 Å². The number of amides is 1. The van der Waals surface area contributed by atoms with Crippen LogP contribution in [0.25, 0.3) is 11.5 Å². The molecule has 1 aliphatic heterocycles. The maximum atomic E-state index is 12.1. The average Bonchev–Trinajstić information content (AvgIpc) is 3.04. The van der Waals surface area contributed by atoms with Gasteiger partial charge in [-0.05, 0) is 18.1 Å². The van der Waals surface area contributed by atoms with Crippen LogP contribution in [-0.2, 0) is 11.3 Å². The molecule has 0 radical (unpaired) electrons. The molecule has 6 heteroatoms. The zero-order chi connectivity index (χ0) is 16.9. The SMILES string of the molecule is CC(C)CC(=O)N1CCN(Cc2nnc(-c3ccccc3)o2)CC1. The Morgan fingerprint density at radius 1 is 1.12 bits per heavy atom. The fourth-order valence-electron chi connectivity index (χ4n) is 2.84. The molecule has 1 fully saturated rings. The second-order valence-electron chi connectivity index (χ2n) is 6.62. The molecule has 1 aromatic carbocycles. The topological polar surface area (TPSA) is 62.5 Å². The van der Waals surface area contributed by atoms with Gasteiger partial charge in [0.05, 0.1) is 6.54 Å². The van der Waals surface area contributed by atoms with Crippen LogP contribution in [0.2, 0.25) is 0 Å². The normalized spacial score (nSPS) is 15.9. The predicted molar refractivity (Wildman–Crippen MR) is 91.0 cm³/mol. The molecule has 2 aromatic rings. The Balaban J connectivity index is 1.52. The van der Waals surface area contributed by atoms with Gasteiger partial charge in [-0.1, -0.05) is 32.0 Å². The number of carbonyl (C=O) groups excluding carboxylic acids is 1. The number of benzene rings is 1. The lowest BCUT2D eigenvalue weighted by Crippen LogP contribution is -2.48. The molecule has 0 bridgehead atoms. The molecule has 0 spiro atoms. The molecule has 0 saturated carbocycles. The van der Waals surface area contributed by atoms with Gasteiger partial charge < -0.3 is 9.32 Å². The van der Waals surface area contributed by atoms with E-state index in [1.165, 1.54) is 0 Å². The van der Waals surface area contributed by atoms with Crippen LogP contribution in [0.4, 0.5) is 0 Å². The summed E-state index contributed by atoms with van der Waals surface area (Å²) in [6.45, 7) is 8.00.